The zero-order valence-corrected chi connectivity index (χ0v) is 23.0. The molecule has 2 aromatic rings. The number of aromatic hydroxyl groups is 2. The topological polar surface area (TPSA) is 91.6 Å². The third kappa shape index (κ3) is 4.42. The summed E-state index contributed by atoms with van der Waals surface area (Å²) < 4.78 is 11.0. The van der Waals surface area contributed by atoms with Gasteiger partial charge in [0.2, 0.25) is 0 Å². The van der Waals surface area contributed by atoms with Gasteiger partial charge in [-0.05, 0) is 115 Å². The van der Waals surface area contributed by atoms with Crippen LogP contribution in [0.2, 0.25) is 0 Å². The second kappa shape index (κ2) is 9.59. The summed E-state index contributed by atoms with van der Waals surface area (Å²) in [5.41, 5.74) is 3.46. The van der Waals surface area contributed by atoms with Crippen molar-refractivity contribution in [3.05, 3.63) is 46.4 Å². The first-order chi connectivity index (χ1) is 18.9. The van der Waals surface area contributed by atoms with Crippen molar-refractivity contribution in [2.24, 2.45) is 22.7 Å². The van der Waals surface area contributed by atoms with E-state index in [4.69, 9.17) is 9.47 Å². The van der Waals surface area contributed by atoms with E-state index in [0.29, 0.717) is 53.4 Å². The first-order valence-corrected chi connectivity index (χ1v) is 14.8. The second-order valence-electron chi connectivity index (χ2n) is 12.0. The molecule has 4 saturated carbocycles. The van der Waals surface area contributed by atoms with Crippen molar-refractivity contribution < 1.29 is 24.5 Å². The number of aliphatic imine (C=N–C) groups is 1. The quantitative estimate of drug-likeness (QED) is 0.486. The molecule has 2 aliphatic heterocycles. The lowest BCUT2D eigenvalue weighted by molar-refractivity contribution is -0.113. The van der Waals surface area contributed by atoms with E-state index in [-0.39, 0.29) is 17.1 Å². The van der Waals surface area contributed by atoms with E-state index in [0.717, 1.165) is 53.7 Å². The van der Waals surface area contributed by atoms with Crippen LogP contribution in [0.15, 0.2) is 40.2 Å². The fourth-order valence-corrected chi connectivity index (χ4v) is 9.03. The highest BCUT2D eigenvalue weighted by Crippen LogP contribution is 2.62. The SMILES string of the molecule is COc1cc(-c2ccc(O)c(C34CC5CC(CC(C5)C3)C4)c2)cc(/C=C2\SC(N3CCOCC3)=NC2=O)c1O. The van der Waals surface area contributed by atoms with Gasteiger partial charge in [0.15, 0.2) is 16.7 Å². The maximum atomic E-state index is 12.8. The van der Waals surface area contributed by atoms with Crippen molar-refractivity contribution in [1.29, 1.82) is 0 Å². The molecule has 0 atom stereocenters. The van der Waals surface area contributed by atoms with E-state index in [1.165, 1.54) is 38.1 Å². The van der Waals surface area contributed by atoms with Gasteiger partial charge in [-0.25, -0.2) is 0 Å². The molecule has 2 aromatic carbocycles. The van der Waals surface area contributed by atoms with Gasteiger partial charge in [0, 0.05) is 24.2 Å². The molecule has 4 aliphatic carbocycles. The van der Waals surface area contributed by atoms with Crippen LogP contribution in [0.25, 0.3) is 17.2 Å². The summed E-state index contributed by atoms with van der Waals surface area (Å²) in [5.74, 6) is 2.73. The standard InChI is InChI=1S/C31H34N2O5S/c1-37-26-13-22(11-23(28(26)35)14-27-29(36)32-30(39-27)33-4-6-38-7-5-33)21-2-3-25(34)24(12-21)31-15-18-8-19(16-31)10-20(9-18)17-31/h2-3,11-14,18-20,34-35H,4-10,15-17H2,1H3/b27-14-. The molecule has 2 heterocycles. The lowest BCUT2D eigenvalue weighted by Crippen LogP contribution is -2.48. The van der Waals surface area contributed by atoms with Gasteiger partial charge < -0.3 is 24.6 Å². The Morgan fingerprint density at radius 2 is 1.72 bits per heavy atom. The van der Waals surface area contributed by atoms with Gasteiger partial charge in [-0.2, -0.15) is 4.99 Å². The zero-order chi connectivity index (χ0) is 26.7. The van der Waals surface area contributed by atoms with Crippen molar-refractivity contribution in [3.63, 3.8) is 0 Å². The lowest BCUT2D eigenvalue weighted by atomic mass is 9.48. The number of amidine groups is 1. The van der Waals surface area contributed by atoms with Crippen molar-refractivity contribution in [2.75, 3.05) is 33.4 Å². The smallest absolute Gasteiger partial charge is 0.286 e. The Morgan fingerprint density at radius 3 is 2.38 bits per heavy atom. The van der Waals surface area contributed by atoms with Crippen LogP contribution in [0, 0.1) is 17.8 Å². The van der Waals surface area contributed by atoms with Crippen LogP contribution < -0.4 is 4.74 Å². The maximum absolute atomic E-state index is 12.8. The van der Waals surface area contributed by atoms with E-state index in [1.54, 1.807) is 6.08 Å². The Labute approximate surface area is 232 Å². The molecule has 2 N–H and O–H groups in total. The monoisotopic (exact) mass is 546 g/mol. The van der Waals surface area contributed by atoms with Gasteiger partial charge in [-0.15, -0.1) is 0 Å². The van der Waals surface area contributed by atoms with Crippen LogP contribution in [-0.2, 0) is 14.9 Å². The molecule has 0 aromatic heterocycles. The molecule has 0 radical (unpaired) electrons. The number of thioether (sulfide) groups is 1. The number of hydrogen-bond donors (Lipinski definition) is 2. The zero-order valence-electron chi connectivity index (χ0n) is 22.2. The Morgan fingerprint density at radius 1 is 1.03 bits per heavy atom. The minimum Gasteiger partial charge on any atom is -0.508 e. The average Bonchev–Trinajstić information content (AvgIpc) is 3.29. The van der Waals surface area contributed by atoms with Crippen molar-refractivity contribution in [2.45, 2.75) is 43.9 Å². The summed E-state index contributed by atoms with van der Waals surface area (Å²) in [7, 11) is 1.53. The fourth-order valence-electron chi connectivity index (χ4n) is 8.07. The first-order valence-electron chi connectivity index (χ1n) is 14.0. The van der Waals surface area contributed by atoms with Gasteiger partial charge in [-0.1, -0.05) is 6.07 Å². The van der Waals surface area contributed by atoms with Crippen molar-refractivity contribution in [1.82, 2.24) is 4.90 Å². The number of rotatable bonds is 4. The number of carbonyl (C=O) groups excluding carboxylic acids is 1. The average molecular weight is 547 g/mol. The van der Waals surface area contributed by atoms with Gasteiger partial charge in [0.05, 0.1) is 25.2 Å². The number of benzene rings is 2. The van der Waals surface area contributed by atoms with Crippen LogP contribution >= 0.6 is 11.8 Å². The number of morpholine rings is 1. The Bertz CT molecular complexity index is 1360. The number of phenols is 2. The third-order valence-electron chi connectivity index (χ3n) is 9.44. The van der Waals surface area contributed by atoms with Crippen LogP contribution in [0.4, 0.5) is 0 Å². The van der Waals surface area contributed by atoms with Crippen molar-refractivity contribution >= 4 is 28.9 Å². The number of methoxy groups -OCH3 is 1. The van der Waals surface area contributed by atoms with E-state index in [9.17, 15) is 15.0 Å². The van der Waals surface area contributed by atoms with Crippen molar-refractivity contribution in [3.8, 4) is 28.4 Å². The summed E-state index contributed by atoms with van der Waals surface area (Å²) in [6.45, 7) is 2.64. The van der Waals surface area contributed by atoms with Crippen LogP contribution in [0.1, 0.15) is 49.7 Å². The van der Waals surface area contributed by atoms with Gasteiger partial charge in [-0.3, -0.25) is 4.79 Å². The Hall–Kier alpha value is -2.97. The second-order valence-corrected chi connectivity index (χ2v) is 13.0. The molecule has 7 nitrogen and oxygen atoms in total. The molecular weight excluding hydrogens is 512 g/mol. The molecule has 1 amide bonds. The molecule has 0 spiro atoms. The summed E-state index contributed by atoms with van der Waals surface area (Å²) >= 11 is 1.33. The summed E-state index contributed by atoms with van der Waals surface area (Å²) in [6, 6.07) is 9.62. The molecule has 6 aliphatic rings. The molecule has 0 unspecified atom stereocenters. The number of phenolic OH excluding ortho intramolecular Hbond substituents is 2. The summed E-state index contributed by atoms with van der Waals surface area (Å²) in [6.07, 6.45) is 9.23. The molecule has 39 heavy (non-hydrogen) atoms. The number of amides is 1. The van der Waals surface area contributed by atoms with Crippen LogP contribution in [0.3, 0.4) is 0 Å². The first kappa shape index (κ1) is 25.0. The molecule has 5 fully saturated rings. The van der Waals surface area contributed by atoms with E-state index < -0.39 is 0 Å². The largest absolute Gasteiger partial charge is 0.508 e. The number of hydrogen-bond acceptors (Lipinski definition) is 7. The Kier molecular flexibility index (Phi) is 6.16. The highest BCUT2D eigenvalue weighted by atomic mass is 32.2. The molecule has 8 heteroatoms. The molecule has 204 valence electrons. The lowest BCUT2D eigenvalue weighted by Gasteiger charge is -2.57. The van der Waals surface area contributed by atoms with E-state index in [1.807, 2.05) is 24.3 Å². The normalized spacial score (nSPS) is 30.7. The predicted octanol–water partition coefficient (Wildman–Crippen LogP) is 5.54. The summed E-state index contributed by atoms with van der Waals surface area (Å²) in [4.78, 5) is 19.5. The third-order valence-corrected chi connectivity index (χ3v) is 10.5. The van der Waals surface area contributed by atoms with Gasteiger partial charge in [0.25, 0.3) is 5.91 Å². The minimum atomic E-state index is -0.306. The minimum absolute atomic E-state index is 0.0120. The molecule has 4 bridgehead atoms. The van der Waals surface area contributed by atoms with Crippen LogP contribution in [0.5, 0.6) is 17.2 Å². The highest BCUT2D eigenvalue weighted by molar-refractivity contribution is 8.18. The number of carbonyl (C=O) groups is 1. The maximum Gasteiger partial charge on any atom is 0.286 e. The number of nitrogens with zero attached hydrogens (tertiary/aromatic N) is 2. The summed E-state index contributed by atoms with van der Waals surface area (Å²) in [5, 5.41) is 22.7. The van der Waals surface area contributed by atoms with E-state index >= 15 is 0 Å². The van der Waals surface area contributed by atoms with E-state index in [2.05, 4.69) is 16.0 Å². The molecule has 1 saturated heterocycles. The van der Waals surface area contributed by atoms with Gasteiger partial charge >= 0.3 is 0 Å². The molecule has 8 rings (SSSR count). The van der Waals surface area contributed by atoms with Gasteiger partial charge in [0.1, 0.15) is 5.75 Å². The predicted molar refractivity (Wildman–Crippen MR) is 152 cm³/mol. The Balaban J connectivity index is 1.23. The highest BCUT2D eigenvalue weighted by Gasteiger charge is 2.52. The number of ether oxygens (including phenoxy) is 2. The molecular formula is C31H34N2O5S. The fraction of sp³-hybridized carbons (Fsp3) is 0.484. The van der Waals surface area contributed by atoms with Crippen LogP contribution in [-0.4, -0.2) is 59.6 Å².